The van der Waals surface area contributed by atoms with Gasteiger partial charge >= 0.3 is 0 Å². The first-order valence-corrected chi connectivity index (χ1v) is 4.46. The molecule has 0 bridgehead atoms. The lowest BCUT2D eigenvalue weighted by atomic mass is 10.2. The van der Waals surface area contributed by atoms with Gasteiger partial charge in [-0.25, -0.2) is 0 Å². The van der Waals surface area contributed by atoms with Crippen LogP contribution in [0.2, 0.25) is 0 Å². The SMILES string of the molecule is C=C.Cc1nsc2ccccc12. The average Bonchev–Trinajstić information content (AvgIpc) is 2.53. The minimum absolute atomic E-state index is 1.14. The van der Waals surface area contributed by atoms with E-state index >= 15 is 0 Å². The zero-order valence-corrected chi connectivity index (χ0v) is 7.90. The number of hydrogen-bond acceptors (Lipinski definition) is 2. The van der Waals surface area contributed by atoms with Gasteiger partial charge in [0.05, 0.1) is 10.4 Å². The van der Waals surface area contributed by atoms with Gasteiger partial charge in [-0.3, -0.25) is 0 Å². The molecule has 0 radical (unpaired) electrons. The quantitative estimate of drug-likeness (QED) is 0.562. The summed E-state index contributed by atoms with van der Waals surface area (Å²) < 4.78 is 5.52. The molecule has 1 aromatic heterocycles. The van der Waals surface area contributed by atoms with Crippen LogP contribution in [-0.2, 0) is 0 Å². The Kier molecular flexibility index (Phi) is 3.00. The van der Waals surface area contributed by atoms with E-state index in [-0.39, 0.29) is 0 Å². The van der Waals surface area contributed by atoms with E-state index in [1.807, 2.05) is 19.1 Å². The summed E-state index contributed by atoms with van der Waals surface area (Å²) in [5, 5.41) is 1.28. The summed E-state index contributed by atoms with van der Waals surface area (Å²) in [6, 6.07) is 8.29. The van der Waals surface area contributed by atoms with Gasteiger partial charge in [-0.05, 0) is 24.5 Å². The van der Waals surface area contributed by atoms with Gasteiger partial charge in [0.25, 0.3) is 0 Å². The van der Waals surface area contributed by atoms with Crippen molar-refractivity contribution in [3.05, 3.63) is 43.1 Å². The number of hydrogen-bond donors (Lipinski definition) is 0. The third kappa shape index (κ3) is 1.53. The molecule has 0 saturated carbocycles. The van der Waals surface area contributed by atoms with E-state index in [1.165, 1.54) is 10.1 Å². The van der Waals surface area contributed by atoms with E-state index in [1.54, 1.807) is 11.5 Å². The van der Waals surface area contributed by atoms with Crippen molar-refractivity contribution in [1.29, 1.82) is 0 Å². The van der Waals surface area contributed by atoms with Crippen LogP contribution in [0.1, 0.15) is 5.69 Å². The highest BCUT2D eigenvalue weighted by atomic mass is 32.1. The molecule has 2 heteroatoms. The van der Waals surface area contributed by atoms with Crippen LogP contribution in [0, 0.1) is 6.92 Å². The highest BCUT2D eigenvalue weighted by Crippen LogP contribution is 2.20. The number of benzene rings is 1. The molecule has 12 heavy (non-hydrogen) atoms. The molecule has 62 valence electrons. The number of fused-ring (bicyclic) bond motifs is 1. The topological polar surface area (TPSA) is 12.9 Å². The van der Waals surface area contributed by atoms with Crippen LogP contribution in [0.3, 0.4) is 0 Å². The van der Waals surface area contributed by atoms with E-state index in [0.717, 1.165) is 5.69 Å². The third-order valence-corrected chi connectivity index (χ3v) is 2.48. The lowest BCUT2D eigenvalue weighted by Crippen LogP contribution is -1.66. The molecule has 0 aliphatic heterocycles. The molecule has 1 aromatic carbocycles. The van der Waals surface area contributed by atoms with Crippen molar-refractivity contribution in [3.63, 3.8) is 0 Å². The van der Waals surface area contributed by atoms with Crippen LogP contribution in [0.15, 0.2) is 37.4 Å². The fourth-order valence-electron chi connectivity index (χ4n) is 1.01. The molecule has 0 aliphatic rings. The van der Waals surface area contributed by atoms with E-state index in [9.17, 15) is 0 Å². The Labute approximate surface area is 76.5 Å². The Hall–Kier alpha value is -1.15. The molecule has 0 atom stereocenters. The van der Waals surface area contributed by atoms with Crippen LogP contribution < -0.4 is 0 Å². The first kappa shape index (κ1) is 8.94. The molecule has 0 fully saturated rings. The van der Waals surface area contributed by atoms with E-state index in [4.69, 9.17) is 0 Å². The maximum absolute atomic E-state index is 4.24. The largest absolute Gasteiger partial charge is 0.197 e. The minimum Gasteiger partial charge on any atom is -0.197 e. The summed E-state index contributed by atoms with van der Waals surface area (Å²) >= 11 is 1.56. The normalized spacial score (nSPS) is 9.08. The molecule has 2 rings (SSSR count). The summed E-state index contributed by atoms with van der Waals surface area (Å²) in [7, 11) is 0. The molecule has 0 spiro atoms. The maximum atomic E-state index is 4.24. The van der Waals surface area contributed by atoms with Crippen LogP contribution in [0.4, 0.5) is 0 Å². The standard InChI is InChI=1S/C8H7NS.C2H4/c1-6-7-4-2-3-5-8(7)10-9-6;1-2/h2-5H,1H3;1-2H2. The Morgan fingerprint density at radius 3 is 2.58 bits per heavy atom. The number of aromatic nitrogens is 1. The van der Waals surface area contributed by atoms with Crippen LogP contribution >= 0.6 is 11.5 Å². The summed E-state index contributed by atoms with van der Waals surface area (Å²) in [6.45, 7) is 8.04. The van der Waals surface area contributed by atoms with Crippen molar-refractivity contribution in [2.75, 3.05) is 0 Å². The van der Waals surface area contributed by atoms with Crippen molar-refractivity contribution >= 4 is 21.6 Å². The highest BCUT2D eigenvalue weighted by molar-refractivity contribution is 7.13. The van der Waals surface area contributed by atoms with Gasteiger partial charge in [-0.15, -0.1) is 13.2 Å². The Balaban J connectivity index is 0.000000336. The molecule has 0 unspecified atom stereocenters. The van der Waals surface area contributed by atoms with Crippen LogP contribution in [0.5, 0.6) is 0 Å². The molecule has 2 aromatic rings. The average molecular weight is 177 g/mol. The smallest absolute Gasteiger partial charge is 0.0589 e. The third-order valence-electron chi connectivity index (χ3n) is 1.56. The molecule has 0 N–H and O–H groups in total. The first-order chi connectivity index (χ1) is 5.88. The molecule has 0 saturated heterocycles. The van der Waals surface area contributed by atoms with E-state index in [0.29, 0.717) is 0 Å². The van der Waals surface area contributed by atoms with Gasteiger partial charge in [0.15, 0.2) is 0 Å². The Bertz CT molecular complexity index is 365. The number of aryl methyl sites for hydroxylation is 1. The first-order valence-electron chi connectivity index (χ1n) is 3.69. The monoisotopic (exact) mass is 177 g/mol. The van der Waals surface area contributed by atoms with Crippen molar-refractivity contribution in [2.24, 2.45) is 0 Å². The van der Waals surface area contributed by atoms with Gasteiger partial charge in [0.1, 0.15) is 0 Å². The number of rotatable bonds is 0. The van der Waals surface area contributed by atoms with Gasteiger partial charge in [0, 0.05) is 5.39 Å². The van der Waals surface area contributed by atoms with Crippen LogP contribution in [0.25, 0.3) is 10.1 Å². The maximum Gasteiger partial charge on any atom is 0.0589 e. The molecule has 0 amide bonds. The predicted molar refractivity (Wildman–Crippen MR) is 55.6 cm³/mol. The molecule has 1 nitrogen and oxygen atoms in total. The predicted octanol–water partition coefficient (Wildman–Crippen LogP) is 3.41. The second-order valence-corrected chi connectivity index (χ2v) is 3.07. The summed E-state index contributed by atoms with van der Waals surface area (Å²) in [5.74, 6) is 0. The zero-order chi connectivity index (χ0) is 8.97. The van der Waals surface area contributed by atoms with E-state index < -0.39 is 0 Å². The summed E-state index contributed by atoms with van der Waals surface area (Å²) in [4.78, 5) is 0. The summed E-state index contributed by atoms with van der Waals surface area (Å²) in [6.07, 6.45) is 0. The van der Waals surface area contributed by atoms with Gasteiger partial charge < -0.3 is 0 Å². The second-order valence-electron chi connectivity index (χ2n) is 2.26. The fourth-order valence-corrected chi connectivity index (χ4v) is 1.80. The zero-order valence-electron chi connectivity index (χ0n) is 7.08. The van der Waals surface area contributed by atoms with Gasteiger partial charge in [-0.1, -0.05) is 18.2 Å². The lowest BCUT2D eigenvalue weighted by molar-refractivity contribution is 1.37. The lowest BCUT2D eigenvalue weighted by Gasteiger charge is -1.84. The second kappa shape index (κ2) is 4.02. The van der Waals surface area contributed by atoms with E-state index in [2.05, 4.69) is 29.7 Å². The highest BCUT2D eigenvalue weighted by Gasteiger charge is 1.97. The molecule has 1 heterocycles. The Morgan fingerprint density at radius 1 is 1.25 bits per heavy atom. The minimum atomic E-state index is 1.14. The van der Waals surface area contributed by atoms with Crippen molar-refractivity contribution in [2.45, 2.75) is 6.92 Å². The number of nitrogens with zero attached hydrogens (tertiary/aromatic N) is 1. The van der Waals surface area contributed by atoms with Crippen molar-refractivity contribution < 1.29 is 0 Å². The van der Waals surface area contributed by atoms with Gasteiger partial charge in [-0.2, -0.15) is 4.37 Å². The van der Waals surface area contributed by atoms with Crippen molar-refractivity contribution in [1.82, 2.24) is 4.37 Å². The molecule has 0 aliphatic carbocycles. The molecular formula is C10H11NS. The van der Waals surface area contributed by atoms with Gasteiger partial charge in [0.2, 0.25) is 0 Å². The molecular weight excluding hydrogens is 166 g/mol. The summed E-state index contributed by atoms with van der Waals surface area (Å²) in [5.41, 5.74) is 1.14. The van der Waals surface area contributed by atoms with Crippen molar-refractivity contribution in [3.8, 4) is 0 Å². The fraction of sp³-hybridized carbons (Fsp3) is 0.100. The van der Waals surface area contributed by atoms with Crippen LogP contribution in [-0.4, -0.2) is 4.37 Å². The Morgan fingerprint density at radius 2 is 1.92 bits per heavy atom.